The molecule has 1 saturated heterocycles. The number of rotatable bonds is 2. The van der Waals surface area contributed by atoms with Crippen molar-refractivity contribution < 1.29 is 9.90 Å². The summed E-state index contributed by atoms with van der Waals surface area (Å²) in [5, 5.41) is 10.1. The molecule has 1 aliphatic rings. The van der Waals surface area contributed by atoms with Gasteiger partial charge in [0.25, 0.3) is 0 Å². The summed E-state index contributed by atoms with van der Waals surface area (Å²) >= 11 is 1.56. The highest BCUT2D eigenvalue weighted by Crippen LogP contribution is 2.31. The van der Waals surface area contributed by atoms with E-state index in [1.54, 1.807) is 23.5 Å². The van der Waals surface area contributed by atoms with Crippen LogP contribution in [0.2, 0.25) is 0 Å². The maximum Gasteiger partial charge on any atom is 0.248 e. The average molecular weight is 249 g/mol. The van der Waals surface area contributed by atoms with Crippen molar-refractivity contribution >= 4 is 32.6 Å². The van der Waals surface area contributed by atoms with Crippen LogP contribution in [0, 0.1) is 0 Å². The van der Waals surface area contributed by atoms with Crippen LogP contribution in [0.4, 0.5) is 5.13 Å². The lowest BCUT2D eigenvalue weighted by Crippen LogP contribution is -2.50. The Labute approximate surface area is 101 Å². The Hall–Kier alpha value is -1.66. The maximum atomic E-state index is 11.0. The number of amides is 1. The number of aliphatic hydroxyl groups is 1. The second-order valence-electron chi connectivity index (χ2n) is 4.10. The standard InChI is InChI=1S/C11H11N3O2S/c12-10(16)6-1-2-9-8(3-6)13-11(17-9)14-4-7(15)5-14/h1-3,7,15H,4-5H2,(H2,12,16). The summed E-state index contributed by atoms with van der Waals surface area (Å²) in [6.07, 6.45) is -0.247. The Balaban J connectivity index is 1.98. The third kappa shape index (κ3) is 1.75. The molecule has 88 valence electrons. The number of nitrogens with zero attached hydrogens (tertiary/aromatic N) is 2. The minimum Gasteiger partial charge on any atom is -0.389 e. The topological polar surface area (TPSA) is 79.5 Å². The number of β-amino-alcohol motifs (C(OH)–C–C–N with tert-alkyl or cyclic N) is 1. The molecule has 0 atom stereocenters. The van der Waals surface area contributed by atoms with Gasteiger partial charge in [-0.1, -0.05) is 11.3 Å². The van der Waals surface area contributed by atoms with Crippen LogP contribution in [0.25, 0.3) is 10.2 Å². The molecule has 0 aliphatic carbocycles. The Morgan fingerprint density at radius 2 is 2.29 bits per heavy atom. The monoisotopic (exact) mass is 249 g/mol. The van der Waals surface area contributed by atoms with E-state index in [9.17, 15) is 9.90 Å². The highest BCUT2D eigenvalue weighted by atomic mass is 32.1. The van der Waals surface area contributed by atoms with Gasteiger partial charge in [0.15, 0.2) is 5.13 Å². The quantitative estimate of drug-likeness (QED) is 0.815. The lowest BCUT2D eigenvalue weighted by molar-refractivity contribution is 0.100. The van der Waals surface area contributed by atoms with Crippen molar-refractivity contribution in [1.29, 1.82) is 0 Å². The molecule has 0 unspecified atom stereocenters. The molecule has 3 N–H and O–H groups in total. The highest BCUT2D eigenvalue weighted by molar-refractivity contribution is 7.22. The van der Waals surface area contributed by atoms with Crippen LogP contribution in [0.5, 0.6) is 0 Å². The molecule has 5 nitrogen and oxygen atoms in total. The van der Waals surface area contributed by atoms with Crippen molar-refractivity contribution in [3.05, 3.63) is 23.8 Å². The van der Waals surface area contributed by atoms with Crippen LogP contribution in [0.15, 0.2) is 18.2 Å². The van der Waals surface area contributed by atoms with E-state index in [-0.39, 0.29) is 6.10 Å². The highest BCUT2D eigenvalue weighted by Gasteiger charge is 2.26. The number of carbonyl (C=O) groups is 1. The normalized spacial score (nSPS) is 16.2. The Morgan fingerprint density at radius 1 is 1.53 bits per heavy atom. The fourth-order valence-corrected chi connectivity index (χ4v) is 2.78. The predicted molar refractivity (Wildman–Crippen MR) is 66.4 cm³/mol. The minimum atomic E-state index is -0.444. The van der Waals surface area contributed by atoms with Gasteiger partial charge >= 0.3 is 0 Å². The van der Waals surface area contributed by atoms with Crippen LogP contribution in [-0.4, -0.2) is 35.2 Å². The number of carbonyl (C=O) groups excluding carboxylic acids is 1. The fourth-order valence-electron chi connectivity index (χ4n) is 1.82. The zero-order valence-electron chi connectivity index (χ0n) is 8.96. The van der Waals surface area contributed by atoms with E-state index >= 15 is 0 Å². The number of aromatic nitrogens is 1. The smallest absolute Gasteiger partial charge is 0.248 e. The van der Waals surface area contributed by atoms with E-state index in [2.05, 4.69) is 4.98 Å². The van der Waals surface area contributed by atoms with Crippen molar-refractivity contribution in [2.45, 2.75) is 6.10 Å². The van der Waals surface area contributed by atoms with Gasteiger partial charge in [-0.2, -0.15) is 0 Å². The first-order chi connectivity index (χ1) is 8.13. The first kappa shape index (κ1) is 10.5. The number of hydrogen-bond donors (Lipinski definition) is 2. The van der Waals surface area contributed by atoms with Crippen LogP contribution in [0.3, 0.4) is 0 Å². The molecule has 1 aromatic heterocycles. The van der Waals surface area contributed by atoms with Gasteiger partial charge in [-0.25, -0.2) is 4.98 Å². The molecule has 1 aromatic carbocycles. The number of benzene rings is 1. The van der Waals surface area contributed by atoms with Crippen molar-refractivity contribution in [1.82, 2.24) is 4.98 Å². The number of aliphatic hydroxyl groups excluding tert-OH is 1. The van der Waals surface area contributed by atoms with E-state index in [4.69, 9.17) is 5.73 Å². The Kier molecular flexibility index (Phi) is 2.27. The number of anilines is 1. The summed E-state index contributed by atoms with van der Waals surface area (Å²) in [5.41, 5.74) is 6.47. The number of thiazole rings is 1. The van der Waals surface area contributed by atoms with Gasteiger partial charge in [-0.15, -0.1) is 0 Å². The van der Waals surface area contributed by atoms with Gasteiger partial charge in [0.2, 0.25) is 5.91 Å². The summed E-state index contributed by atoms with van der Waals surface area (Å²) in [6, 6.07) is 5.26. The summed E-state index contributed by atoms with van der Waals surface area (Å²) in [7, 11) is 0. The van der Waals surface area contributed by atoms with Crippen molar-refractivity contribution in [3.8, 4) is 0 Å². The number of nitrogens with two attached hydrogens (primary N) is 1. The number of fused-ring (bicyclic) bond motifs is 1. The molecule has 2 heterocycles. The van der Waals surface area contributed by atoms with Crippen LogP contribution in [-0.2, 0) is 0 Å². The molecular weight excluding hydrogens is 238 g/mol. The first-order valence-corrected chi connectivity index (χ1v) is 6.08. The zero-order chi connectivity index (χ0) is 12.0. The molecule has 1 aliphatic heterocycles. The minimum absolute atomic E-state index is 0.247. The predicted octanol–water partition coefficient (Wildman–Crippen LogP) is 0.576. The molecule has 0 saturated carbocycles. The first-order valence-electron chi connectivity index (χ1n) is 5.27. The molecule has 0 spiro atoms. The van der Waals surface area contributed by atoms with E-state index in [1.807, 2.05) is 11.0 Å². The Morgan fingerprint density at radius 3 is 2.94 bits per heavy atom. The third-order valence-electron chi connectivity index (χ3n) is 2.79. The summed E-state index contributed by atoms with van der Waals surface area (Å²) in [5.74, 6) is -0.444. The van der Waals surface area contributed by atoms with Gasteiger partial charge in [0.1, 0.15) is 0 Å². The molecule has 0 radical (unpaired) electrons. The molecular formula is C11H11N3O2S. The second kappa shape index (κ2) is 3.68. The lowest BCUT2D eigenvalue weighted by atomic mass is 10.2. The van der Waals surface area contributed by atoms with Crippen molar-refractivity contribution in [2.24, 2.45) is 5.73 Å². The summed E-state index contributed by atoms with van der Waals surface area (Å²) in [4.78, 5) is 17.5. The van der Waals surface area contributed by atoms with Gasteiger partial charge in [0, 0.05) is 18.7 Å². The molecule has 3 rings (SSSR count). The lowest BCUT2D eigenvalue weighted by Gasteiger charge is -2.35. The van der Waals surface area contributed by atoms with Gasteiger partial charge in [0.05, 0.1) is 16.3 Å². The van der Waals surface area contributed by atoms with Crippen LogP contribution >= 0.6 is 11.3 Å². The van der Waals surface area contributed by atoms with E-state index in [1.165, 1.54) is 0 Å². The van der Waals surface area contributed by atoms with Crippen LogP contribution in [0.1, 0.15) is 10.4 Å². The van der Waals surface area contributed by atoms with Crippen molar-refractivity contribution in [2.75, 3.05) is 18.0 Å². The SMILES string of the molecule is NC(=O)c1ccc2sc(N3CC(O)C3)nc2c1. The van der Waals surface area contributed by atoms with Crippen LogP contribution < -0.4 is 10.6 Å². The van der Waals surface area contributed by atoms with E-state index in [0.29, 0.717) is 18.7 Å². The molecule has 2 aromatic rings. The summed E-state index contributed by atoms with van der Waals surface area (Å²) in [6.45, 7) is 1.25. The van der Waals surface area contributed by atoms with Gasteiger partial charge < -0.3 is 15.7 Å². The molecule has 6 heteroatoms. The van der Waals surface area contributed by atoms with E-state index in [0.717, 1.165) is 15.3 Å². The average Bonchev–Trinajstić information content (AvgIpc) is 2.66. The molecule has 1 amide bonds. The fraction of sp³-hybridized carbons (Fsp3) is 0.273. The van der Waals surface area contributed by atoms with E-state index < -0.39 is 5.91 Å². The molecule has 1 fully saturated rings. The number of primary amides is 1. The molecule has 17 heavy (non-hydrogen) atoms. The molecule has 0 bridgehead atoms. The number of hydrogen-bond acceptors (Lipinski definition) is 5. The van der Waals surface area contributed by atoms with Crippen molar-refractivity contribution in [3.63, 3.8) is 0 Å². The van der Waals surface area contributed by atoms with Gasteiger partial charge in [-0.3, -0.25) is 4.79 Å². The summed E-state index contributed by atoms with van der Waals surface area (Å²) < 4.78 is 1.02. The third-order valence-corrected chi connectivity index (χ3v) is 3.89. The second-order valence-corrected chi connectivity index (χ2v) is 5.11. The Bertz CT molecular complexity index is 589. The maximum absolute atomic E-state index is 11.0. The largest absolute Gasteiger partial charge is 0.389 e. The zero-order valence-corrected chi connectivity index (χ0v) is 9.78. The van der Waals surface area contributed by atoms with Gasteiger partial charge in [-0.05, 0) is 18.2 Å².